The predicted octanol–water partition coefficient (Wildman–Crippen LogP) is 3.08. The Bertz CT molecular complexity index is 553. The number of halogens is 2. The Balaban J connectivity index is 2.19. The number of amides is 1. The van der Waals surface area contributed by atoms with Crippen LogP contribution in [0, 0.1) is 17.7 Å². The lowest BCUT2D eigenvalue weighted by Gasteiger charge is -2.24. The van der Waals surface area contributed by atoms with Gasteiger partial charge in [-0.25, -0.2) is 4.39 Å². The minimum Gasteiger partial charge on any atom is -0.481 e. The van der Waals surface area contributed by atoms with Gasteiger partial charge in [0.25, 0.3) is 0 Å². The smallest absolute Gasteiger partial charge is 0.307 e. The molecule has 0 bridgehead atoms. The van der Waals surface area contributed by atoms with E-state index >= 15 is 0 Å². The molecule has 2 atom stereocenters. The van der Waals surface area contributed by atoms with Crippen molar-refractivity contribution in [1.82, 2.24) is 0 Å². The molecule has 0 heterocycles. The maximum absolute atomic E-state index is 13.6. The van der Waals surface area contributed by atoms with E-state index in [-0.39, 0.29) is 10.7 Å². The number of hydrogen-bond acceptors (Lipinski definition) is 2. The van der Waals surface area contributed by atoms with Gasteiger partial charge in [-0.3, -0.25) is 9.59 Å². The highest BCUT2D eigenvalue weighted by atomic mass is 35.5. The quantitative estimate of drug-likeness (QED) is 0.843. The second kappa shape index (κ2) is 6.05. The zero-order valence-electron chi connectivity index (χ0n) is 10.5. The molecule has 106 valence electrons. The summed E-state index contributed by atoms with van der Waals surface area (Å²) in [6.07, 6.45) is 4.10. The molecule has 20 heavy (non-hydrogen) atoms. The van der Waals surface area contributed by atoms with Gasteiger partial charge in [-0.05, 0) is 25.0 Å². The van der Waals surface area contributed by atoms with Crippen LogP contribution in [0.15, 0.2) is 30.4 Å². The molecule has 0 radical (unpaired) electrons. The third-order valence-corrected chi connectivity index (χ3v) is 3.61. The van der Waals surface area contributed by atoms with Crippen molar-refractivity contribution in [3.05, 3.63) is 41.2 Å². The van der Waals surface area contributed by atoms with Gasteiger partial charge in [0.05, 0.1) is 22.5 Å². The summed E-state index contributed by atoms with van der Waals surface area (Å²) in [5.41, 5.74) is -0.113. The molecule has 1 aromatic rings. The lowest BCUT2D eigenvalue weighted by Crippen LogP contribution is -2.35. The number of allylic oxidation sites excluding steroid dienone is 2. The molecule has 0 unspecified atom stereocenters. The number of aliphatic carboxylic acids is 1. The number of hydrogen-bond donors (Lipinski definition) is 2. The third-order valence-electron chi connectivity index (χ3n) is 3.30. The SMILES string of the molecule is O=C(O)[C@H]1CC=CC[C@H]1C(=O)Nc1c(F)cccc1Cl. The van der Waals surface area contributed by atoms with E-state index in [0.717, 1.165) is 0 Å². The summed E-state index contributed by atoms with van der Waals surface area (Å²) in [6, 6.07) is 4.06. The number of benzene rings is 1. The highest BCUT2D eigenvalue weighted by Crippen LogP contribution is 2.30. The monoisotopic (exact) mass is 297 g/mol. The van der Waals surface area contributed by atoms with Gasteiger partial charge in [0, 0.05) is 0 Å². The van der Waals surface area contributed by atoms with E-state index in [1.54, 1.807) is 12.2 Å². The number of para-hydroxylation sites is 1. The van der Waals surface area contributed by atoms with Crippen LogP contribution in [0.5, 0.6) is 0 Å². The summed E-state index contributed by atoms with van der Waals surface area (Å²) < 4.78 is 13.6. The first-order chi connectivity index (χ1) is 9.50. The zero-order chi connectivity index (χ0) is 14.7. The van der Waals surface area contributed by atoms with E-state index in [2.05, 4.69) is 5.32 Å². The van der Waals surface area contributed by atoms with Crippen LogP contribution in [0.25, 0.3) is 0 Å². The van der Waals surface area contributed by atoms with E-state index in [1.807, 2.05) is 0 Å². The fourth-order valence-electron chi connectivity index (χ4n) is 2.21. The van der Waals surface area contributed by atoms with Crippen LogP contribution in [-0.4, -0.2) is 17.0 Å². The molecule has 2 rings (SSSR count). The summed E-state index contributed by atoms with van der Waals surface area (Å²) in [6.45, 7) is 0. The molecule has 0 saturated heterocycles. The Labute approximate surface area is 120 Å². The van der Waals surface area contributed by atoms with E-state index in [9.17, 15) is 14.0 Å². The van der Waals surface area contributed by atoms with Crippen molar-refractivity contribution in [3.8, 4) is 0 Å². The molecule has 1 aliphatic rings. The summed E-state index contributed by atoms with van der Waals surface area (Å²) in [7, 11) is 0. The molecule has 4 nitrogen and oxygen atoms in total. The van der Waals surface area contributed by atoms with Gasteiger partial charge in [0.15, 0.2) is 0 Å². The highest BCUT2D eigenvalue weighted by molar-refractivity contribution is 6.33. The van der Waals surface area contributed by atoms with E-state index < -0.39 is 29.5 Å². The number of carbonyl (C=O) groups excluding carboxylic acids is 1. The van der Waals surface area contributed by atoms with E-state index in [1.165, 1.54) is 18.2 Å². The lowest BCUT2D eigenvalue weighted by molar-refractivity contribution is -0.146. The topological polar surface area (TPSA) is 66.4 Å². The van der Waals surface area contributed by atoms with Crippen LogP contribution in [0.2, 0.25) is 5.02 Å². The van der Waals surface area contributed by atoms with Crippen molar-refractivity contribution < 1.29 is 19.1 Å². The maximum Gasteiger partial charge on any atom is 0.307 e. The van der Waals surface area contributed by atoms with E-state index in [4.69, 9.17) is 16.7 Å². The van der Waals surface area contributed by atoms with Crippen molar-refractivity contribution in [2.75, 3.05) is 5.32 Å². The number of carbonyl (C=O) groups is 2. The van der Waals surface area contributed by atoms with Crippen LogP contribution in [-0.2, 0) is 9.59 Å². The zero-order valence-corrected chi connectivity index (χ0v) is 11.2. The Morgan fingerprint density at radius 3 is 2.50 bits per heavy atom. The molecule has 0 saturated carbocycles. The predicted molar refractivity (Wildman–Crippen MR) is 73.0 cm³/mol. The Morgan fingerprint density at radius 1 is 1.25 bits per heavy atom. The largest absolute Gasteiger partial charge is 0.481 e. The first kappa shape index (κ1) is 14.5. The second-order valence-corrected chi connectivity index (χ2v) is 4.99. The Morgan fingerprint density at radius 2 is 1.90 bits per heavy atom. The first-order valence-electron chi connectivity index (χ1n) is 6.13. The van der Waals surface area contributed by atoms with Crippen molar-refractivity contribution >= 4 is 29.2 Å². The molecule has 0 aromatic heterocycles. The summed E-state index contributed by atoms with van der Waals surface area (Å²) in [5, 5.41) is 11.6. The van der Waals surface area contributed by atoms with Crippen LogP contribution >= 0.6 is 11.6 Å². The van der Waals surface area contributed by atoms with Gasteiger partial charge in [0.1, 0.15) is 5.82 Å². The van der Waals surface area contributed by atoms with Crippen molar-refractivity contribution in [3.63, 3.8) is 0 Å². The number of nitrogens with one attached hydrogen (secondary N) is 1. The number of carboxylic acid groups (broad SMARTS) is 1. The van der Waals surface area contributed by atoms with Crippen molar-refractivity contribution in [2.24, 2.45) is 11.8 Å². The number of rotatable bonds is 3. The average Bonchev–Trinajstić information content (AvgIpc) is 2.43. The standard InChI is InChI=1S/C14H13ClFNO3/c15-10-6-3-7-11(16)12(10)17-13(18)8-4-1-2-5-9(8)14(19)20/h1-3,6-9H,4-5H2,(H,17,18)(H,19,20)/t8-,9+/m1/s1. The van der Waals surface area contributed by atoms with Gasteiger partial charge in [-0.2, -0.15) is 0 Å². The van der Waals surface area contributed by atoms with E-state index in [0.29, 0.717) is 12.8 Å². The van der Waals surface area contributed by atoms with Crippen molar-refractivity contribution in [1.29, 1.82) is 0 Å². The van der Waals surface area contributed by atoms with Crippen LogP contribution < -0.4 is 5.32 Å². The molecular formula is C14H13ClFNO3. The van der Waals surface area contributed by atoms with Gasteiger partial charge >= 0.3 is 5.97 Å². The summed E-state index contributed by atoms with van der Waals surface area (Å²) in [5.74, 6) is -3.74. The molecule has 0 fully saturated rings. The molecule has 0 spiro atoms. The Hall–Kier alpha value is -1.88. The van der Waals surface area contributed by atoms with Crippen molar-refractivity contribution in [2.45, 2.75) is 12.8 Å². The normalized spacial score (nSPS) is 21.5. The fraction of sp³-hybridized carbons (Fsp3) is 0.286. The molecule has 1 amide bonds. The fourth-order valence-corrected chi connectivity index (χ4v) is 2.42. The molecule has 0 aliphatic heterocycles. The number of anilines is 1. The average molecular weight is 298 g/mol. The molecule has 2 N–H and O–H groups in total. The second-order valence-electron chi connectivity index (χ2n) is 4.58. The van der Waals surface area contributed by atoms with Gasteiger partial charge in [0.2, 0.25) is 5.91 Å². The maximum atomic E-state index is 13.6. The minimum absolute atomic E-state index is 0.0802. The molecule has 6 heteroatoms. The van der Waals surface area contributed by atoms with Gasteiger partial charge in [-0.1, -0.05) is 29.8 Å². The van der Waals surface area contributed by atoms with Gasteiger partial charge in [-0.15, -0.1) is 0 Å². The number of carboxylic acids is 1. The van der Waals surface area contributed by atoms with Crippen LogP contribution in [0.3, 0.4) is 0 Å². The highest BCUT2D eigenvalue weighted by Gasteiger charge is 2.34. The first-order valence-corrected chi connectivity index (χ1v) is 6.51. The minimum atomic E-state index is -1.03. The van der Waals surface area contributed by atoms with Gasteiger partial charge < -0.3 is 10.4 Å². The summed E-state index contributed by atoms with van der Waals surface area (Å²) in [4.78, 5) is 23.3. The van der Waals surface area contributed by atoms with Crippen LogP contribution in [0.1, 0.15) is 12.8 Å². The van der Waals surface area contributed by atoms with Crippen LogP contribution in [0.4, 0.5) is 10.1 Å². The lowest BCUT2D eigenvalue weighted by atomic mass is 9.82. The molecule has 1 aliphatic carbocycles. The third kappa shape index (κ3) is 2.99. The molecular weight excluding hydrogens is 285 g/mol. The Kier molecular flexibility index (Phi) is 4.39. The summed E-state index contributed by atoms with van der Waals surface area (Å²) >= 11 is 5.83. The molecule has 1 aromatic carbocycles.